The fraction of sp³-hybridized carbons (Fsp3) is 0.444. The molecule has 0 spiro atoms. The normalized spacial score (nSPS) is 16.3. The van der Waals surface area contributed by atoms with Gasteiger partial charge in [-0.2, -0.15) is 4.31 Å². The van der Waals surface area contributed by atoms with Crippen LogP contribution in [0.3, 0.4) is 0 Å². The summed E-state index contributed by atoms with van der Waals surface area (Å²) < 4.78 is 27.2. The summed E-state index contributed by atoms with van der Waals surface area (Å²) >= 11 is 5.86. The van der Waals surface area contributed by atoms with Crippen LogP contribution < -0.4 is 4.90 Å². The summed E-state index contributed by atoms with van der Waals surface area (Å²) in [5.74, 6) is 0.872. The first-order chi connectivity index (χ1) is 14.4. The molecular weight excluding hydrogens is 432 g/mol. The van der Waals surface area contributed by atoms with Gasteiger partial charge in [0.1, 0.15) is 11.6 Å². The summed E-state index contributed by atoms with van der Waals surface area (Å²) in [6.45, 7) is 1.53. The van der Waals surface area contributed by atoms with Gasteiger partial charge in [0.05, 0.1) is 16.8 Å². The number of carbonyl (C=O) groups excluding carboxylic acids is 1. The SMILES string of the molecule is O=CN(O)C(CCc1ncccn1)CS(=O)(=O)N1CCN(c2ccc(Cl)cn2)CC1. The summed E-state index contributed by atoms with van der Waals surface area (Å²) in [4.78, 5) is 25.5. The molecule has 0 saturated carbocycles. The van der Waals surface area contributed by atoms with Gasteiger partial charge in [-0.1, -0.05) is 11.6 Å². The number of halogens is 1. The smallest absolute Gasteiger partial charge is 0.233 e. The van der Waals surface area contributed by atoms with E-state index in [2.05, 4.69) is 15.0 Å². The number of amides is 1. The Morgan fingerprint density at radius 3 is 2.47 bits per heavy atom. The molecule has 12 heteroatoms. The highest BCUT2D eigenvalue weighted by atomic mass is 35.5. The zero-order valence-corrected chi connectivity index (χ0v) is 17.8. The van der Waals surface area contributed by atoms with Crippen molar-refractivity contribution in [3.63, 3.8) is 0 Å². The van der Waals surface area contributed by atoms with Crippen molar-refractivity contribution in [1.29, 1.82) is 0 Å². The number of anilines is 1. The fourth-order valence-electron chi connectivity index (χ4n) is 3.23. The lowest BCUT2D eigenvalue weighted by Crippen LogP contribution is -2.51. The minimum atomic E-state index is -3.69. The monoisotopic (exact) mass is 454 g/mol. The van der Waals surface area contributed by atoms with Crippen molar-refractivity contribution in [1.82, 2.24) is 24.3 Å². The molecule has 3 heterocycles. The first-order valence-electron chi connectivity index (χ1n) is 9.42. The Hall–Kier alpha value is -2.34. The van der Waals surface area contributed by atoms with Crippen LogP contribution in [0.1, 0.15) is 12.2 Å². The minimum Gasteiger partial charge on any atom is -0.354 e. The quantitative estimate of drug-likeness (QED) is 0.336. The second kappa shape index (κ2) is 10.1. The summed E-state index contributed by atoms with van der Waals surface area (Å²) in [5, 5.41) is 10.8. The van der Waals surface area contributed by atoms with Gasteiger partial charge in [0, 0.05) is 51.2 Å². The first-order valence-corrected chi connectivity index (χ1v) is 11.4. The number of rotatable bonds is 9. The van der Waals surface area contributed by atoms with E-state index >= 15 is 0 Å². The predicted octanol–water partition coefficient (Wildman–Crippen LogP) is 0.826. The average Bonchev–Trinajstić information content (AvgIpc) is 2.77. The summed E-state index contributed by atoms with van der Waals surface area (Å²) in [7, 11) is -3.69. The molecule has 1 saturated heterocycles. The number of aromatic nitrogens is 3. The molecule has 2 aromatic heterocycles. The maximum Gasteiger partial charge on any atom is 0.233 e. The van der Waals surface area contributed by atoms with E-state index in [0.717, 1.165) is 5.82 Å². The van der Waals surface area contributed by atoms with Gasteiger partial charge in [-0.15, -0.1) is 0 Å². The highest BCUT2D eigenvalue weighted by Crippen LogP contribution is 2.19. The third kappa shape index (κ3) is 5.85. The number of hydrogen-bond donors (Lipinski definition) is 1. The lowest BCUT2D eigenvalue weighted by Gasteiger charge is -2.35. The van der Waals surface area contributed by atoms with Gasteiger partial charge >= 0.3 is 0 Å². The van der Waals surface area contributed by atoms with Gasteiger partial charge in [-0.25, -0.2) is 28.4 Å². The number of carbonyl (C=O) groups is 1. The molecule has 0 aliphatic carbocycles. The van der Waals surface area contributed by atoms with Crippen LogP contribution in [-0.2, 0) is 21.2 Å². The van der Waals surface area contributed by atoms with E-state index in [9.17, 15) is 18.4 Å². The van der Waals surface area contributed by atoms with E-state index in [0.29, 0.717) is 35.4 Å². The van der Waals surface area contributed by atoms with Crippen molar-refractivity contribution in [2.24, 2.45) is 0 Å². The van der Waals surface area contributed by atoms with Crippen LogP contribution in [0.15, 0.2) is 36.8 Å². The van der Waals surface area contributed by atoms with Crippen molar-refractivity contribution in [2.45, 2.75) is 18.9 Å². The number of hydrogen-bond acceptors (Lipinski definition) is 8. The Morgan fingerprint density at radius 1 is 1.17 bits per heavy atom. The maximum absolute atomic E-state index is 12.9. The number of pyridine rings is 1. The van der Waals surface area contributed by atoms with Crippen LogP contribution in [0.25, 0.3) is 0 Å². The predicted molar refractivity (Wildman–Crippen MR) is 111 cm³/mol. The molecule has 0 radical (unpaired) electrons. The molecular formula is C18H23ClN6O4S. The highest BCUT2D eigenvalue weighted by Gasteiger charge is 2.31. The first kappa shape index (κ1) is 22.3. The Bertz CT molecular complexity index is 923. The molecule has 1 amide bonds. The van der Waals surface area contributed by atoms with Crippen molar-refractivity contribution in [2.75, 3.05) is 36.8 Å². The summed E-state index contributed by atoms with van der Waals surface area (Å²) in [6, 6.07) is 4.31. The van der Waals surface area contributed by atoms with Crippen LogP contribution in [0, 0.1) is 0 Å². The zero-order chi connectivity index (χ0) is 21.6. The van der Waals surface area contributed by atoms with Gasteiger partial charge in [0.25, 0.3) is 0 Å². The summed E-state index contributed by atoms with van der Waals surface area (Å²) in [5.41, 5.74) is 0. The van der Waals surface area contributed by atoms with Crippen LogP contribution in [0.2, 0.25) is 5.02 Å². The molecule has 1 N–H and O–H groups in total. The number of aryl methyl sites for hydroxylation is 1. The Morgan fingerprint density at radius 2 is 1.87 bits per heavy atom. The maximum atomic E-state index is 12.9. The second-order valence-corrected chi connectivity index (χ2v) is 9.29. The van der Waals surface area contributed by atoms with Gasteiger partial charge in [0.2, 0.25) is 16.4 Å². The van der Waals surface area contributed by atoms with Crippen molar-refractivity contribution in [3.8, 4) is 0 Å². The number of piperazine rings is 1. The van der Waals surface area contributed by atoms with Gasteiger partial charge < -0.3 is 4.90 Å². The molecule has 1 atom stereocenters. The Balaban J connectivity index is 1.60. The molecule has 3 rings (SSSR count). The largest absolute Gasteiger partial charge is 0.354 e. The summed E-state index contributed by atoms with van der Waals surface area (Å²) in [6.07, 6.45) is 5.49. The van der Waals surface area contributed by atoms with E-state index in [1.807, 2.05) is 4.90 Å². The fourth-order valence-corrected chi connectivity index (χ4v) is 5.08. The van der Waals surface area contributed by atoms with Crippen LogP contribution in [0.4, 0.5) is 5.82 Å². The van der Waals surface area contributed by atoms with Crippen LogP contribution in [-0.4, -0.2) is 82.3 Å². The molecule has 1 fully saturated rings. The third-order valence-electron chi connectivity index (χ3n) is 4.87. The third-order valence-corrected chi connectivity index (χ3v) is 7.05. The Labute approximate surface area is 180 Å². The van der Waals surface area contributed by atoms with Crippen molar-refractivity contribution < 1.29 is 18.4 Å². The average molecular weight is 455 g/mol. The number of hydroxylamine groups is 2. The van der Waals surface area contributed by atoms with E-state index < -0.39 is 16.1 Å². The van der Waals surface area contributed by atoms with E-state index in [1.165, 1.54) is 4.31 Å². The molecule has 1 unspecified atom stereocenters. The lowest BCUT2D eigenvalue weighted by atomic mass is 10.2. The Kier molecular flexibility index (Phi) is 7.53. The molecule has 10 nitrogen and oxygen atoms in total. The number of sulfonamides is 1. The molecule has 2 aromatic rings. The van der Waals surface area contributed by atoms with Crippen LogP contribution in [0.5, 0.6) is 0 Å². The van der Waals surface area contributed by atoms with Crippen LogP contribution >= 0.6 is 11.6 Å². The van der Waals surface area contributed by atoms with Crippen molar-refractivity contribution in [3.05, 3.63) is 47.6 Å². The highest BCUT2D eigenvalue weighted by molar-refractivity contribution is 7.89. The van der Waals surface area contributed by atoms with Crippen molar-refractivity contribution >= 4 is 33.9 Å². The molecule has 0 bridgehead atoms. The topological polar surface area (TPSA) is 120 Å². The van der Waals surface area contributed by atoms with Gasteiger partial charge in [-0.3, -0.25) is 10.0 Å². The van der Waals surface area contributed by atoms with E-state index in [-0.39, 0.29) is 31.7 Å². The van der Waals surface area contributed by atoms with Gasteiger partial charge in [-0.05, 0) is 24.6 Å². The molecule has 1 aliphatic heterocycles. The minimum absolute atomic E-state index is 0.215. The zero-order valence-electron chi connectivity index (χ0n) is 16.2. The standard InChI is InChI=1S/C18H23ClN6O4S/c19-15-2-5-18(22-12-15)23-8-10-24(11-9-23)30(28,29)13-16(25(27)14-26)3-4-17-20-6-1-7-21-17/h1-2,5-7,12,14,16,27H,3-4,8-11,13H2. The molecule has 30 heavy (non-hydrogen) atoms. The van der Waals surface area contributed by atoms with E-state index in [4.69, 9.17) is 11.6 Å². The number of nitrogens with zero attached hydrogens (tertiary/aromatic N) is 6. The lowest BCUT2D eigenvalue weighted by molar-refractivity contribution is -0.158. The molecule has 162 valence electrons. The molecule has 0 aromatic carbocycles. The molecule has 1 aliphatic rings. The second-order valence-electron chi connectivity index (χ2n) is 6.84. The van der Waals surface area contributed by atoms with E-state index in [1.54, 1.807) is 36.8 Å². The van der Waals surface area contributed by atoms with Gasteiger partial charge in [0.15, 0.2) is 0 Å².